The molecule has 0 bridgehead atoms. The average Bonchev–Trinajstić information content (AvgIpc) is 2.34. The van der Waals surface area contributed by atoms with Gasteiger partial charge in [0.25, 0.3) is 0 Å². The zero-order valence-electron chi connectivity index (χ0n) is 13.4. The van der Waals surface area contributed by atoms with E-state index in [1.807, 2.05) is 0 Å². The number of nitrogens with one attached hydrogen (secondary N) is 1. The van der Waals surface area contributed by atoms with E-state index in [4.69, 9.17) is 5.73 Å². The Bertz CT molecular complexity index is 429. The van der Waals surface area contributed by atoms with E-state index in [0.717, 1.165) is 5.56 Å². The molecule has 1 rings (SSSR count). The van der Waals surface area contributed by atoms with Gasteiger partial charge in [0.05, 0.1) is 0 Å². The van der Waals surface area contributed by atoms with Crippen molar-refractivity contribution >= 4 is 5.91 Å². The minimum atomic E-state index is -0.153. The Kier molecular flexibility index (Phi) is 5.75. The van der Waals surface area contributed by atoms with Gasteiger partial charge in [-0.3, -0.25) is 4.79 Å². The summed E-state index contributed by atoms with van der Waals surface area (Å²) < 4.78 is 0. The third-order valence-electron chi connectivity index (χ3n) is 3.24. The number of nitrogens with two attached hydrogens (primary N) is 1. The summed E-state index contributed by atoms with van der Waals surface area (Å²) in [5, 5.41) is 2.91. The van der Waals surface area contributed by atoms with Crippen molar-refractivity contribution < 1.29 is 4.79 Å². The molecule has 1 unspecified atom stereocenters. The van der Waals surface area contributed by atoms with E-state index in [2.05, 4.69) is 64.2 Å². The van der Waals surface area contributed by atoms with Crippen LogP contribution in [0.1, 0.15) is 64.1 Å². The first-order valence-corrected chi connectivity index (χ1v) is 7.31. The van der Waals surface area contributed by atoms with Gasteiger partial charge in [0.2, 0.25) is 5.91 Å². The van der Waals surface area contributed by atoms with Gasteiger partial charge in [-0.1, -0.05) is 58.9 Å². The van der Waals surface area contributed by atoms with Gasteiger partial charge < -0.3 is 11.1 Å². The zero-order chi connectivity index (χ0) is 15.3. The molecule has 0 radical (unpaired) electrons. The number of benzene rings is 1. The SMILES string of the molecule is CC(C)c1ccc(C(N)CNC(=O)CC(C)(C)C)cc1. The molecule has 3 N–H and O–H groups in total. The minimum Gasteiger partial charge on any atom is -0.354 e. The van der Waals surface area contributed by atoms with Crippen LogP contribution in [0.4, 0.5) is 0 Å². The lowest BCUT2D eigenvalue weighted by Gasteiger charge is -2.19. The maximum atomic E-state index is 11.8. The molecule has 1 aromatic rings. The van der Waals surface area contributed by atoms with E-state index in [0.29, 0.717) is 18.9 Å². The topological polar surface area (TPSA) is 55.1 Å². The Labute approximate surface area is 122 Å². The Morgan fingerprint density at radius 2 is 1.65 bits per heavy atom. The number of rotatable bonds is 5. The van der Waals surface area contributed by atoms with Crippen molar-refractivity contribution in [2.75, 3.05) is 6.54 Å². The summed E-state index contributed by atoms with van der Waals surface area (Å²) in [4.78, 5) is 11.8. The van der Waals surface area contributed by atoms with Crippen LogP contribution in [0.2, 0.25) is 0 Å². The average molecular weight is 276 g/mol. The molecule has 0 aliphatic rings. The highest BCUT2D eigenvalue weighted by Crippen LogP contribution is 2.19. The normalized spacial score (nSPS) is 13.3. The number of carbonyl (C=O) groups excluding carboxylic acids is 1. The van der Waals surface area contributed by atoms with Gasteiger partial charge in [0.1, 0.15) is 0 Å². The molecule has 1 atom stereocenters. The maximum absolute atomic E-state index is 11.8. The number of hydrogen-bond donors (Lipinski definition) is 2. The lowest BCUT2D eigenvalue weighted by molar-refractivity contribution is -0.122. The highest BCUT2D eigenvalue weighted by molar-refractivity contribution is 5.76. The van der Waals surface area contributed by atoms with Crippen molar-refractivity contribution in [2.45, 2.75) is 53.0 Å². The molecule has 0 saturated heterocycles. The molecule has 0 aliphatic heterocycles. The summed E-state index contributed by atoms with van der Waals surface area (Å²) >= 11 is 0. The van der Waals surface area contributed by atoms with Crippen molar-refractivity contribution in [1.82, 2.24) is 5.32 Å². The van der Waals surface area contributed by atoms with E-state index in [1.165, 1.54) is 5.56 Å². The summed E-state index contributed by atoms with van der Waals surface area (Å²) in [6.07, 6.45) is 0.520. The lowest BCUT2D eigenvalue weighted by atomic mass is 9.92. The fourth-order valence-corrected chi connectivity index (χ4v) is 2.01. The van der Waals surface area contributed by atoms with Gasteiger partial charge in [-0.15, -0.1) is 0 Å². The Morgan fingerprint density at radius 1 is 1.15 bits per heavy atom. The second kappa shape index (κ2) is 6.89. The molecule has 1 aromatic carbocycles. The van der Waals surface area contributed by atoms with Gasteiger partial charge >= 0.3 is 0 Å². The second-order valence-electron chi connectivity index (χ2n) is 6.97. The minimum absolute atomic E-state index is 0.00703. The molecule has 0 fully saturated rings. The van der Waals surface area contributed by atoms with Crippen molar-refractivity contribution in [3.05, 3.63) is 35.4 Å². The first-order valence-electron chi connectivity index (χ1n) is 7.31. The van der Waals surface area contributed by atoms with Crippen LogP contribution in [0, 0.1) is 5.41 Å². The summed E-state index contributed by atoms with van der Waals surface area (Å²) in [6.45, 7) is 11.0. The molecule has 3 heteroatoms. The van der Waals surface area contributed by atoms with Gasteiger partial charge in [-0.25, -0.2) is 0 Å². The van der Waals surface area contributed by atoms with Crippen LogP contribution in [-0.2, 0) is 4.79 Å². The molecule has 112 valence electrons. The van der Waals surface area contributed by atoms with Crippen LogP contribution in [0.3, 0.4) is 0 Å². The number of hydrogen-bond acceptors (Lipinski definition) is 2. The summed E-state index contributed by atoms with van der Waals surface area (Å²) in [7, 11) is 0. The van der Waals surface area contributed by atoms with E-state index in [-0.39, 0.29) is 17.4 Å². The first kappa shape index (κ1) is 16.7. The molecule has 0 aromatic heterocycles. The van der Waals surface area contributed by atoms with Gasteiger partial charge in [-0.05, 0) is 22.5 Å². The molecular weight excluding hydrogens is 248 g/mol. The van der Waals surface area contributed by atoms with E-state index in [9.17, 15) is 4.79 Å². The molecule has 0 spiro atoms. The van der Waals surface area contributed by atoms with Crippen LogP contribution in [-0.4, -0.2) is 12.5 Å². The maximum Gasteiger partial charge on any atom is 0.220 e. The van der Waals surface area contributed by atoms with Crippen molar-refractivity contribution in [2.24, 2.45) is 11.1 Å². The smallest absolute Gasteiger partial charge is 0.220 e. The lowest BCUT2D eigenvalue weighted by Crippen LogP contribution is -2.33. The van der Waals surface area contributed by atoms with E-state index >= 15 is 0 Å². The third-order valence-corrected chi connectivity index (χ3v) is 3.24. The fraction of sp³-hybridized carbons (Fsp3) is 0.588. The summed E-state index contributed by atoms with van der Waals surface area (Å²) in [5.74, 6) is 0.582. The van der Waals surface area contributed by atoms with Crippen molar-refractivity contribution in [1.29, 1.82) is 0 Å². The molecule has 1 amide bonds. The van der Waals surface area contributed by atoms with Gasteiger partial charge in [0, 0.05) is 19.0 Å². The molecule has 0 heterocycles. The highest BCUT2D eigenvalue weighted by atomic mass is 16.1. The first-order chi connectivity index (χ1) is 9.19. The van der Waals surface area contributed by atoms with Crippen LogP contribution in [0.15, 0.2) is 24.3 Å². The Hall–Kier alpha value is -1.35. The highest BCUT2D eigenvalue weighted by Gasteiger charge is 2.16. The van der Waals surface area contributed by atoms with Crippen molar-refractivity contribution in [3.63, 3.8) is 0 Å². The largest absolute Gasteiger partial charge is 0.354 e. The Morgan fingerprint density at radius 3 is 2.10 bits per heavy atom. The molecule has 0 aliphatic carbocycles. The number of carbonyl (C=O) groups is 1. The fourth-order valence-electron chi connectivity index (χ4n) is 2.01. The summed E-state index contributed by atoms with van der Waals surface area (Å²) in [5.41, 5.74) is 8.49. The molecular formula is C17H28N2O. The quantitative estimate of drug-likeness (QED) is 0.866. The predicted octanol–water partition coefficient (Wildman–Crippen LogP) is 3.36. The van der Waals surface area contributed by atoms with Crippen LogP contribution < -0.4 is 11.1 Å². The molecule has 0 saturated carbocycles. The molecule has 20 heavy (non-hydrogen) atoms. The van der Waals surface area contributed by atoms with Crippen LogP contribution >= 0.6 is 0 Å². The third kappa shape index (κ3) is 5.74. The van der Waals surface area contributed by atoms with E-state index < -0.39 is 0 Å². The van der Waals surface area contributed by atoms with Gasteiger partial charge in [-0.2, -0.15) is 0 Å². The number of amides is 1. The monoisotopic (exact) mass is 276 g/mol. The second-order valence-corrected chi connectivity index (χ2v) is 6.97. The van der Waals surface area contributed by atoms with Gasteiger partial charge in [0.15, 0.2) is 0 Å². The molecule has 3 nitrogen and oxygen atoms in total. The zero-order valence-corrected chi connectivity index (χ0v) is 13.4. The van der Waals surface area contributed by atoms with E-state index in [1.54, 1.807) is 0 Å². The van der Waals surface area contributed by atoms with Crippen molar-refractivity contribution in [3.8, 4) is 0 Å². The van der Waals surface area contributed by atoms with Crippen LogP contribution in [0.5, 0.6) is 0 Å². The Balaban J connectivity index is 2.50. The predicted molar refractivity (Wildman–Crippen MR) is 84.5 cm³/mol. The summed E-state index contributed by atoms with van der Waals surface area (Å²) in [6, 6.07) is 8.17. The van der Waals surface area contributed by atoms with Crippen LogP contribution in [0.25, 0.3) is 0 Å². The standard InChI is InChI=1S/C17H28N2O/c1-12(2)13-6-8-14(9-7-13)15(18)11-19-16(20)10-17(3,4)5/h6-9,12,15H,10-11,18H2,1-5H3,(H,19,20).